The lowest BCUT2D eigenvalue weighted by atomic mass is 10.3. The molecule has 1 N–H and O–H groups in total. The average molecular weight is 271 g/mol. The number of amides is 1. The maximum Gasteiger partial charge on any atom is 0.293 e. The van der Waals surface area contributed by atoms with Gasteiger partial charge < -0.3 is 4.42 Å². The molecule has 2 rings (SSSR count). The van der Waals surface area contributed by atoms with Crippen LogP contribution in [0.15, 0.2) is 15.9 Å². The van der Waals surface area contributed by atoms with Crippen molar-refractivity contribution < 1.29 is 9.21 Å². The molecule has 1 amide bonds. The van der Waals surface area contributed by atoms with Crippen molar-refractivity contribution in [3.05, 3.63) is 34.2 Å². The van der Waals surface area contributed by atoms with Gasteiger partial charge in [0.2, 0.25) is 0 Å². The van der Waals surface area contributed by atoms with Crippen molar-refractivity contribution >= 4 is 34.0 Å². The standard InChI is InChI=1S/C11H11ClN2O2S/c1-6-5-17-11(13-6)14-10(15)9-3-8(4-12)7(2)16-9/h3,5H,4H2,1-2H3,(H,13,14,15). The highest BCUT2D eigenvalue weighted by Gasteiger charge is 2.15. The van der Waals surface area contributed by atoms with Crippen molar-refractivity contribution in [2.45, 2.75) is 19.7 Å². The van der Waals surface area contributed by atoms with Crippen molar-refractivity contribution in [2.24, 2.45) is 0 Å². The smallest absolute Gasteiger partial charge is 0.293 e. The number of hydrogen-bond acceptors (Lipinski definition) is 4. The minimum atomic E-state index is -0.307. The van der Waals surface area contributed by atoms with E-state index in [1.54, 1.807) is 13.0 Å². The lowest BCUT2D eigenvalue weighted by Crippen LogP contribution is -2.10. The fourth-order valence-corrected chi connectivity index (χ4v) is 2.28. The quantitative estimate of drug-likeness (QED) is 0.870. The number of carbonyl (C=O) groups is 1. The minimum absolute atomic E-state index is 0.256. The first kappa shape index (κ1) is 12.1. The molecule has 0 aromatic carbocycles. The minimum Gasteiger partial charge on any atom is -0.456 e. The molecule has 6 heteroatoms. The molecule has 0 saturated carbocycles. The van der Waals surface area contributed by atoms with Gasteiger partial charge in [0.05, 0.1) is 11.6 Å². The van der Waals surface area contributed by atoms with E-state index in [1.807, 2.05) is 12.3 Å². The largest absolute Gasteiger partial charge is 0.456 e. The molecule has 0 bridgehead atoms. The molecule has 0 saturated heterocycles. The van der Waals surface area contributed by atoms with E-state index in [0.717, 1.165) is 11.3 Å². The Morgan fingerprint density at radius 2 is 2.35 bits per heavy atom. The van der Waals surface area contributed by atoms with Crippen molar-refractivity contribution in [1.29, 1.82) is 0 Å². The first-order valence-corrected chi connectivity index (χ1v) is 6.40. The normalized spacial score (nSPS) is 10.5. The van der Waals surface area contributed by atoms with Gasteiger partial charge in [0.15, 0.2) is 10.9 Å². The Bertz CT molecular complexity index is 547. The third-order valence-corrected chi connectivity index (χ3v) is 3.39. The number of anilines is 1. The van der Waals surface area contributed by atoms with Crippen LogP contribution < -0.4 is 5.32 Å². The summed E-state index contributed by atoms with van der Waals surface area (Å²) in [5.41, 5.74) is 1.70. The Labute approximate surface area is 108 Å². The number of rotatable bonds is 3. The van der Waals surface area contributed by atoms with E-state index in [9.17, 15) is 4.79 Å². The highest BCUT2D eigenvalue weighted by atomic mass is 35.5. The van der Waals surface area contributed by atoms with Crippen LogP contribution >= 0.6 is 22.9 Å². The van der Waals surface area contributed by atoms with Crippen LogP contribution in [-0.2, 0) is 5.88 Å². The summed E-state index contributed by atoms with van der Waals surface area (Å²) < 4.78 is 5.33. The molecule has 0 radical (unpaired) electrons. The van der Waals surface area contributed by atoms with Crippen LogP contribution in [0.1, 0.15) is 27.6 Å². The van der Waals surface area contributed by atoms with Crippen LogP contribution in [0.25, 0.3) is 0 Å². The third-order valence-electron chi connectivity index (χ3n) is 2.23. The van der Waals surface area contributed by atoms with E-state index in [2.05, 4.69) is 10.3 Å². The number of furan rings is 1. The maximum absolute atomic E-state index is 11.8. The fraction of sp³-hybridized carbons (Fsp3) is 0.273. The summed E-state index contributed by atoms with van der Waals surface area (Å²) in [7, 11) is 0. The summed E-state index contributed by atoms with van der Waals surface area (Å²) in [5, 5.41) is 5.11. The Hall–Kier alpha value is -1.33. The fourth-order valence-electron chi connectivity index (χ4n) is 1.33. The van der Waals surface area contributed by atoms with Gasteiger partial charge in [-0.15, -0.1) is 22.9 Å². The summed E-state index contributed by atoms with van der Waals surface area (Å²) in [6.07, 6.45) is 0. The van der Waals surface area contributed by atoms with Gasteiger partial charge in [0.25, 0.3) is 5.91 Å². The van der Waals surface area contributed by atoms with E-state index < -0.39 is 0 Å². The molecule has 0 aliphatic rings. The summed E-state index contributed by atoms with van der Waals surface area (Å²) in [6, 6.07) is 1.65. The molecule has 0 fully saturated rings. The molecule has 2 aromatic heterocycles. The molecule has 2 aromatic rings. The number of aryl methyl sites for hydroxylation is 2. The van der Waals surface area contributed by atoms with Crippen LogP contribution in [0, 0.1) is 13.8 Å². The first-order chi connectivity index (χ1) is 8.10. The van der Waals surface area contributed by atoms with Crippen LogP contribution in [0.4, 0.5) is 5.13 Å². The van der Waals surface area contributed by atoms with Gasteiger partial charge in [0, 0.05) is 10.9 Å². The van der Waals surface area contributed by atoms with Crippen LogP contribution in [0.5, 0.6) is 0 Å². The molecule has 4 nitrogen and oxygen atoms in total. The molecular formula is C11H11ClN2O2S. The number of halogens is 1. The number of thiazole rings is 1. The summed E-state index contributed by atoms with van der Waals surface area (Å²) in [6.45, 7) is 3.65. The molecule has 0 aliphatic heterocycles. The predicted octanol–water partition coefficient (Wildman–Crippen LogP) is 3.34. The van der Waals surface area contributed by atoms with Crippen LogP contribution in [0.3, 0.4) is 0 Å². The Kier molecular flexibility index (Phi) is 3.49. The lowest BCUT2D eigenvalue weighted by Gasteiger charge is -1.96. The van der Waals surface area contributed by atoms with Gasteiger partial charge in [-0.05, 0) is 19.9 Å². The van der Waals surface area contributed by atoms with Gasteiger partial charge in [-0.1, -0.05) is 0 Å². The Balaban J connectivity index is 2.14. The zero-order chi connectivity index (χ0) is 12.4. The molecule has 0 atom stereocenters. The first-order valence-electron chi connectivity index (χ1n) is 4.99. The number of nitrogens with one attached hydrogen (secondary N) is 1. The summed E-state index contributed by atoms with van der Waals surface area (Å²) >= 11 is 7.09. The van der Waals surface area contributed by atoms with Crippen molar-refractivity contribution in [1.82, 2.24) is 4.98 Å². The average Bonchev–Trinajstić information content (AvgIpc) is 2.85. The molecule has 17 heavy (non-hydrogen) atoms. The van der Waals surface area contributed by atoms with E-state index >= 15 is 0 Å². The monoisotopic (exact) mass is 270 g/mol. The van der Waals surface area contributed by atoms with Crippen molar-refractivity contribution in [2.75, 3.05) is 5.32 Å². The molecule has 2 heterocycles. The second-order valence-corrected chi connectivity index (χ2v) is 4.70. The maximum atomic E-state index is 11.8. The number of nitrogens with zero attached hydrogens (tertiary/aromatic N) is 1. The SMILES string of the molecule is Cc1csc(NC(=O)c2cc(CCl)c(C)o2)n1. The number of alkyl halides is 1. The van der Waals surface area contributed by atoms with E-state index in [-0.39, 0.29) is 11.7 Å². The van der Waals surface area contributed by atoms with Gasteiger partial charge in [-0.2, -0.15) is 0 Å². The van der Waals surface area contributed by atoms with E-state index in [1.165, 1.54) is 11.3 Å². The zero-order valence-electron chi connectivity index (χ0n) is 9.41. The predicted molar refractivity (Wildman–Crippen MR) is 67.8 cm³/mol. The van der Waals surface area contributed by atoms with Gasteiger partial charge >= 0.3 is 0 Å². The van der Waals surface area contributed by atoms with Gasteiger partial charge in [-0.25, -0.2) is 4.98 Å². The van der Waals surface area contributed by atoms with Gasteiger partial charge in [-0.3, -0.25) is 10.1 Å². The van der Waals surface area contributed by atoms with Crippen molar-refractivity contribution in [3.63, 3.8) is 0 Å². The van der Waals surface area contributed by atoms with Crippen molar-refractivity contribution in [3.8, 4) is 0 Å². The topological polar surface area (TPSA) is 55.1 Å². The second kappa shape index (κ2) is 4.89. The highest BCUT2D eigenvalue weighted by molar-refractivity contribution is 7.13. The molecule has 0 spiro atoms. The highest BCUT2D eigenvalue weighted by Crippen LogP contribution is 2.19. The van der Waals surface area contributed by atoms with E-state index in [0.29, 0.717) is 16.8 Å². The number of hydrogen-bond donors (Lipinski definition) is 1. The zero-order valence-corrected chi connectivity index (χ0v) is 11.0. The van der Waals surface area contributed by atoms with Gasteiger partial charge in [0.1, 0.15) is 5.76 Å². The summed E-state index contributed by atoms with van der Waals surface area (Å²) in [5.74, 6) is 0.948. The molecule has 0 unspecified atom stereocenters. The third kappa shape index (κ3) is 2.68. The van der Waals surface area contributed by atoms with E-state index in [4.69, 9.17) is 16.0 Å². The molecule has 0 aliphatic carbocycles. The number of aromatic nitrogens is 1. The molecule has 90 valence electrons. The molecular weight excluding hydrogens is 260 g/mol. The summed E-state index contributed by atoms with van der Waals surface area (Å²) in [4.78, 5) is 16.0. The number of carbonyl (C=O) groups excluding carboxylic acids is 1. The Morgan fingerprint density at radius 1 is 1.59 bits per heavy atom. The Morgan fingerprint density at radius 3 is 2.88 bits per heavy atom. The second-order valence-electron chi connectivity index (χ2n) is 3.57. The lowest BCUT2D eigenvalue weighted by molar-refractivity contribution is 0.0995. The van der Waals surface area contributed by atoms with Crippen LogP contribution in [0.2, 0.25) is 0 Å². The van der Waals surface area contributed by atoms with Crippen LogP contribution in [-0.4, -0.2) is 10.9 Å².